The fraction of sp³-hybridized carbons (Fsp3) is 0.286. The molecule has 9 aromatic rings. The predicted octanol–water partition coefficient (Wildman–Crippen LogP) is 12.6. The van der Waals surface area contributed by atoms with E-state index < -0.39 is 20.2 Å². The van der Waals surface area contributed by atoms with Crippen molar-refractivity contribution in [2.45, 2.75) is 56.5 Å². The number of methoxy groups -OCH3 is 2. The van der Waals surface area contributed by atoms with Crippen molar-refractivity contribution >= 4 is 155 Å². The first kappa shape index (κ1) is 57.7. The summed E-state index contributed by atoms with van der Waals surface area (Å²) in [6.07, 6.45) is 0. The van der Waals surface area contributed by atoms with E-state index >= 15 is 0 Å². The van der Waals surface area contributed by atoms with E-state index in [2.05, 4.69) is 48.2 Å². The van der Waals surface area contributed by atoms with Gasteiger partial charge in [0.25, 0.3) is 20.2 Å². The molecular formula is C49H51N15O9S7. The molecule has 31 heteroatoms. The molecule has 0 aliphatic rings. The van der Waals surface area contributed by atoms with Crippen LogP contribution in [0.3, 0.4) is 0 Å². The molecule has 0 unspecified atom stereocenters. The lowest BCUT2D eigenvalue weighted by molar-refractivity contribution is 0.322. The van der Waals surface area contributed by atoms with E-state index in [0.29, 0.717) is 125 Å². The number of aliphatic hydroxyl groups excluding tert-OH is 1. The number of ether oxygens (including phenoxy) is 2. The lowest BCUT2D eigenvalue weighted by Crippen LogP contribution is -2.22. The minimum absolute atomic E-state index is 0.0898. The Kier molecular flexibility index (Phi) is 17.6. The van der Waals surface area contributed by atoms with E-state index in [1.54, 1.807) is 64.5 Å². The van der Waals surface area contributed by atoms with Crippen molar-refractivity contribution in [1.29, 1.82) is 0 Å². The zero-order valence-electron chi connectivity index (χ0n) is 44.0. The summed E-state index contributed by atoms with van der Waals surface area (Å²) in [4.78, 5) is 19.2. The number of aryl methyl sites for hydroxylation is 2. The Balaban J connectivity index is 1.13. The van der Waals surface area contributed by atoms with Gasteiger partial charge in [-0.25, -0.2) is 0 Å². The van der Waals surface area contributed by atoms with Crippen LogP contribution in [0.4, 0.5) is 56.0 Å². The normalized spacial score (nSPS) is 12.1. The molecule has 0 saturated heterocycles. The first-order valence-electron chi connectivity index (χ1n) is 24.4. The van der Waals surface area contributed by atoms with Crippen LogP contribution in [-0.4, -0.2) is 116 Å². The summed E-state index contributed by atoms with van der Waals surface area (Å²) in [5.41, 5.74) is 5.41. The van der Waals surface area contributed by atoms with E-state index in [1.807, 2.05) is 39.8 Å². The molecule has 80 heavy (non-hydrogen) atoms. The highest BCUT2D eigenvalue weighted by Crippen LogP contribution is 2.47. The number of thioether (sulfide) groups is 1. The fourth-order valence-corrected chi connectivity index (χ4v) is 13.7. The number of aliphatic hydroxyl groups is 1. The van der Waals surface area contributed by atoms with E-state index in [0.717, 1.165) is 57.5 Å². The molecule has 5 heterocycles. The highest BCUT2D eigenvalue weighted by molar-refractivity contribution is 7.99. The third kappa shape index (κ3) is 12.2. The highest BCUT2D eigenvalue weighted by atomic mass is 32.2. The summed E-state index contributed by atoms with van der Waals surface area (Å²) in [6, 6.07) is 16.5. The van der Waals surface area contributed by atoms with Crippen LogP contribution in [0.15, 0.2) is 96.1 Å². The van der Waals surface area contributed by atoms with Gasteiger partial charge in [0.2, 0.25) is 11.9 Å². The van der Waals surface area contributed by atoms with E-state index in [9.17, 15) is 31.0 Å². The summed E-state index contributed by atoms with van der Waals surface area (Å²) >= 11 is 5.60. The molecule has 418 valence electrons. The number of rotatable bonds is 23. The van der Waals surface area contributed by atoms with Crippen LogP contribution in [-0.2, 0) is 20.2 Å². The van der Waals surface area contributed by atoms with Crippen LogP contribution in [0.5, 0.6) is 11.5 Å². The molecule has 0 spiro atoms. The third-order valence-corrected chi connectivity index (χ3v) is 18.4. The van der Waals surface area contributed by atoms with E-state index in [4.69, 9.17) is 34.7 Å². The number of aromatic nitrogens is 7. The van der Waals surface area contributed by atoms with Gasteiger partial charge in [-0.05, 0) is 123 Å². The van der Waals surface area contributed by atoms with Crippen molar-refractivity contribution in [3.63, 3.8) is 0 Å². The standard InChI is InChI=1S/C49H51N15O9S7/c1-9-63(10-2)33-21-29(31(23-35(33)72-7)55-57-43-39-41(59-77-45(39)61-75-43)27-15-13-25(5)37(19-27)79(66,67)68)50-47-52-48(54-49(53-47)74-18-17-65)51-30-22-34(64(11-3)12-4)36(73-8)24-32(30)56-58-44-40-42(60-78-46(40)62-76-44)28-16-14-26(6)38(20-28)80(69,70)71/h13-16,19-24,65H,9-12,17-18H2,1-8H3,(H,66,67,68)(H,69,70,71)(H2,50,51,52,53,54)/b57-55+,58-56+. The molecule has 0 saturated carbocycles. The van der Waals surface area contributed by atoms with Crippen molar-refractivity contribution in [2.75, 3.05) is 73.2 Å². The van der Waals surface area contributed by atoms with Gasteiger partial charge in [0.05, 0.1) is 75.5 Å². The molecular weight excluding hydrogens is 1170 g/mol. The zero-order chi connectivity index (χ0) is 57.0. The number of benzene rings is 4. The summed E-state index contributed by atoms with van der Waals surface area (Å²) in [5, 5.41) is 37.6. The lowest BCUT2D eigenvalue weighted by Gasteiger charge is -2.25. The van der Waals surface area contributed by atoms with Gasteiger partial charge in [-0.2, -0.15) is 49.3 Å². The Morgan fingerprint density at radius 2 is 1.01 bits per heavy atom. The van der Waals surface area contributed by atoms with Gasteiger partial charge in [-0.15, -0.1) is 20.5 Å². The Labute approximate surface area is 480 Å². The minimum Gasteiger partial charge on any atom is -0.494 e. The van der Waals surface area contributed by atoms with Crippen LogP contribution < -0.4 is 29.9 Å². The van der Waals surface area contributed by atoms with Crippen molar-refractivity contribution in [1.82, 2.24) is 32.4 Å². The molecule has 0 radical (unpaired) electrons. The summed E-state index contributed by atoms with van der Waals surface area (Å²) in [5.74, 6) is 1.45. The average molecular weight is 1220 g/mol. The monoisotopic (exact) mass is 1220 g/mol. The maximum absolute atomic E-state index is 12.3. The first-order valence-corrected chi connectivity index (χ1v) is 31.3. The number of azo groups is 2. The topological polar surface area (TPSA) is 318 Å². The van der Waals surface area contributed by atoms with Crippen molar-refractivity contribution in [3.8, 4) is 34.0 Å². The lowest BCUT2D eigenvalue weighted by atomic mass is 10.1. The second-order valence-corrected chi connectivity index (χ2v) is 24.1. The van der Waals surface area contributed by atoms with Gasteiger partial charge < -0.3 is 35.0 Å². The van der Waals surface area contributed by atoms with Crippen molar-refractivity contribution < 1.29 is 40.5 Å². The Morgan fingerprint density at radius 1 is 0.588 bits per heavy atom. The molecule has 24 nitrogen and oxygen atoms in total. The highest BCUT2D eigenvalue weighted by Gasteiger charge is 2.25. The molecule has 0 fully saturated rings. The van der Waals surface area contributed by atoms with Crippen LogP contribution >= 0.6 is 57.9 Å². The second kappa shape index (κ2) is 24.4. The minimum atomic E-state index is -4.53. The molecule has 0 amide bonds. The molecule has 5 aromatic heterocycles. The van der Waals surface area contributed by atoms with Gasteiger partial charge in [-0.3, -0.25) is 9.11 Å². The third-order valence-electron chi connectivity index (χ3n) is 12.4. The molecule has 5 N–H and O–H groups in total. The van der Waals surface area contributed by atoms with Gasteiger partial charge >= 0.3 is 0 Å². The Morgan fingerprint density at radius 3 is 1.39 bits per heavy atom. The number of nitrogens with one attached hydrogen (secondary N) is 2. The van der Waals surface area contributed by atoms with E-state index in [1.165, 1.54) is 23.9 Å². The number of fused-ring (bicyclic) bond motifs is 2. The first-order chi connectivity index (χ1) is 38.4. The number of hydrogen-bond donors (Lipinski definition) is 5. The molecule has 9 rings (SSSR count). The molecule has 0 aliphatic carbocycles. The van der Waals surface area contributed by atoms with Crippen LogP contribution in [0.2, 0.25) is 0 Å². The largest absolute Gasteiger partial charge is 0.494 e. The van der Waals surface area contributed by atoms with Gasteiger partial charge in [-0.1, -0.05) is 36.0 Å². The number of anilines is 6. The van der Waals surface area contributed by atoms with Crippen molar-refractivity contribution in [3.05, 3.63) is 71.8 Å². The van der Waals surface area contributed by atoms with Crippen LogP contribution in [0.1, 0.15) is 38.8 Å². The summed E-state index contributed by atoms with van der Waals surface area (Å²) in [7, 11) is -5.93. The average Bonchev–Trinajstić information content (AvgIpc) is 4.32. The van der Waals surface area contributed by atoms with Crippen molar-refractivity contribution in [2.24, 2.45) is 20.5 Å². The molecule has 0 bridgehead atoms. The molecule has 4 aromatic carbocycles. The quantitative estimate of drug-likeness (QED) is 0.0226. The fourth-order valence-electron chi connectivity index (χ4n) is 8.46. The summed E-state index contributed by atoms with van der Waals surface area (Å²) < 4.78 is 99.1. The maximum Gasteiger partial charge on any atom is 0.294 e. The summed E-state index contributed by atoms with van der Waals surface area (Å²) in [6.45, 7) is 13.7. The molecule has 0 aliphatic heterocycles. The number of nitrogens with zero attached hydrogens (tertiary/aromatic N) is 13. The predicted molar refractivity (Wildman–Crippen MR) is 316 cm³/mol. The second-order valence-electron chi connectivity index (χ2n) is 17.2. The number of hydrogen-bond acceptors (Lipinski definition) is 27. The van der Waals surface area contributed by atoms with Gasteiger partial charge in [0, 0.05) is 55.2 Å². The van der Waals surface area contributed by atoms with Gasteiger partial charge in [0.1, 0.15) is 22.9 Å². The van der Waals surface area contributed by atoms with Crippen LogP contribution in [0, 0.1) is 13.8 Å². The van der Waals surface area contributed by atoms with Gasteiger partial charge in [0.15, 0.2) is 24.8 Å². The zero-order valence-corrected chi connectivity index (χ0v) is 49.7. The maximum atomic E-state index is 12.3. The smallest absolute Gasteiger partial charge is 0.294 e. The Bertz CT molecular complexity index is 3810. The van der Waals surface area contributed by atoms with Crippen LogP contribution in [0.25, 0.3) is 42.9 Å². The SMILES string of the molecule is CCN(CC)c1cc(Nc2nc(Nc3cc(N(CC)CC)c(OC)cc3/N=N/c3snc4snc(-c5ccc(C)c(S(=O)(=O)O)c5)c34)nc(SCCO)n2)c(/N=N/c2snc3snc(-c4ccc(C)c(S(=O)(=O)O)c4)c23)cc1OC. The Hall–Kier alpha value is -6.94. The molecule has 0 atom stereocenters. The van der Waals surface area contributed by atoms with E-state index in [-0.39, 0.29) is 39.2 Å².